The van der Waals surface area contributed by atoms with Crippen molar-refractivity contribution < 1.29 is 18.3 Å². The molecule has 0 aromatic heterocycles. The minimum atomic E-state index is -0.293. The van der Waals surface area contributed by atoms with Crippen LogP contribution in [0, 0.1) is 11.6 Å². The van der Waals surface area contributed by atoms with Gasteiger partial charge in [-0.05, 0) is 104 Å². The highest BCUT2D eigenvalue weighted by Crippen LogP contribution is 2.31. The van der Waals surface area contributed by atoms with Crippen LogP contribution in [0.3, 0.4) is 0 Å². The molecule has 0 saturated heterocycles. The van der Waals surface area contributed by atoms with Gasteiger partial charge in [0.15, 0.2) is 0 Å². The van der Waals surface area contributed by atoms with Gasteiger partial charge in [-0.15, -0.1) is 0 Å². The van der Waals surface area contributed by atoms with E-state index in [1.54, 1.807) is 67.7 Å². The summed E-state index contributed by atoms with van der Waals surface area (Å²) >= 11 is 11.6. The van der Waals surface area contributed by atoms with Crippen molar-refractivity contribution in [2.45, 2.75) is 19.4 Å². The van der Waals surface area contributed by atoms with Crippen LogP contribution >= 0.6 is 23.2 Å². The maximum absolute atomic E-state index is 13.3. The average Bonchev–Trinajstić information content (AvgIpc) is 2.89. The summed E-state index contributed by atoms with van der Waals surface area (Å²) in [6.45, 7) is 2.91. The highest BCUT2D eigenvalue weighted by molar-refractivity contribution is 6.30. The maximum Gasteiger partial charge on any atom is 0.132 e. The molecule has 1 unspecified atom stereocenters. The number of nitrogens with one attached hydrogen (secondary N) is 1. The molecule has 0 fully saturated rings. The Kier molecular flexibility index (Phi) is 10.7. The van der Waals surface area contributed by atoms with E-state index < -0.39 is 0 Å². The fourth-order valence-corrected chi connectivity index (χ4v) is 3.61. The summed E-state index contributed by atoms with van der Waals surface area (Å²) in [6.07, 6.45) is 0. The molecule has 194 valence electrons. The molecule has 0 aliphatic carbocycles. The maximum atomic E-state index is 13.3. The topological polar surface area (TPSA) is 56.5 Å². The first-order valence-corrected chi connectivity index (χ1v) is 12.3. The van der Waals surface area contributed by atoms with E-state index in [-0.39, 0.29) is 17.6 Å². The van der Waals surface area contributed by atoms with Crippen LogP contribution in [0.4, 0.5) is 8.78 Å². The SMILES string of the molecule is CC(CN)c1cc(F)ccc1Oc1ccc(Cl)cc1.CNCc1cc(F)ccc1Oc1ccc(Cl)cc1. The van der Waals surface area contributed by atoms with E-state index in [1.807, 2.05) is 6.92 Å². The molecule has 4 nitrogen and oxygen atoms in total. The molecule has 0 amide bonds. The molecule has 3 N–H and O–H groups in total. The Hall–Kier alpha value is -3.16. The largest absolute Gasteiger partial charge is 0.457 e. The summed E-state index contributed by atoms with van der Waals surface area (Å²) in [5.74, 6) is 2.03. The summed E-state index contributed by atoms with van der Waals surface area (Å²) < 4.78 is 38.0. The summed E-state index contributed by atoms with van der Waals surface area (Å²) in [6, 6.07) is 23.0. The number of rotatable bonds is 8. The van der Waals surface area contributed by atoms with Crippen molar-refractivity contribution in [1.29, 1.82) is 0 Å². The molecule has 4 rings (SSSR count). The second-order valence-electron chi connectivity index (χ2n) is 8.21. The van der Waals surface area contributed by atoms with E-state index in [0.717, 1.165) is 11.1 Å². The van der Waals surface area contributed by atoms with Gasteiger partial charge < -0.3 is 20.5 Å². The molecule has 4 aromatic rings. The van der Waals surface area contributed by atoms with Gasteiger partial charge in [0.1, 0.15) is 34.6 Å². The number of nitrogens with two attached hydrogens (primary N) is 1. The van der Waals surface area contributed by atoms with Gasteiger partial charge in [0, 0.05) is 27.7 Å². The lowest BCUT2D eigenvalue weighted by Gasteiger charge is -2.15. The Bertz CT molecular complexity index is 1290. The van der Waals surface area contributed by atoms with Crippen LogP contribution in [0.25, 0.3) is 0 Å². The van der Waals surface area contributed by atoms with Crippen molar-refractivity contribution >= 4 is 23.2 Å². The van der Waals surface area contributed by atoms with E-state index in [4.69, 9.17) is 38.4 Å². The normalized spacial score (nSPS) is 11.3. The quantitative estimate of drug-likeness (QED) is 0.234. The fourth-order valence-electron chi connectivity index (χ4n) is 3.36. The molecule has 0 saturated carbocycles. The van der Waals surface area contributed by atoms with Gasteiger partial charge in [-0.3, -0.25) is 0 Å². The summed E-state index contributed by atoms with van der Waals surface area (Å²) in [7, 11) is 1.80. The van der Waals surface area contributed by atoms with Crippen LogP contribution in [0.15, 0.2) is 84.9 Å². The number of hydrogen-bond donors (Lipinski definition) is 2. The molecule has 0 bridgehead atoms. The van der Waals surface area contributed by atoms with E-state index in [1.165, 1.54) is 24.3 Å². The Morgan fingerprint density at radius 3 is 1.76 bits per heavy atom. The van der Waals surface area contributed by atoms with Crippen molar-refractivity contribution in [3.63, 3.8) is 0 Å². The van der Waals surface area contributed by atoms with Gasteiger partial charge in [0.25, 0.3) is 0 Å². The minimum Gasteiger partial charge on any atom is -0.457 e. The molecule has 8 heteroatoms. The third-order valence-electron chi connectivity index (χ3n) is 5.33. The number of halogens is 4. The van der Waals surface area contributed by atoms with Crippen molar-refractivity contribution in [2.75, 3.05) is 13.6 Å². The van der Waals surface area contributed by atoms with Crippen LogP contribution in [-0.4, -0.2) is 13.6 Å². The first-order chi connectivity index (χ1) is 17.8. The molecule has 0 heterocycles. The van der Waals surface area contributed by atoms with E-state index in [2.05, 4.69) is 5.32 Å². The zero-order valence-electron chi connectivity index (χ0n) is 20.5. The van der Waals surface area contributed by atoms with Crippen molar-refractivity contribution in [3.8, 4) is 23.0 Å². The first-order valence-electron chi connectivity index (χ1n) is 11.6. The summed E-state index contributed by atoms with van der Waals surface area (Å²) in [5, 5.41) is 4.27. The number of hydrogen-bond acceptors (Lipinski definition) is 4. The van der Waals surface area contributed by atoms with Gasteiger partial charge in [-0.2, -0.15) is 0 Å². The molecule has 0 spiro atoms. The molecule has 0 aliphatic heterocycles. The average molecular weight is 545 g/mol. The summed E-state index contributed by atoms with van der Waals surface area (Å²) in [4.78, 5) is 0. The van der Waals surface area contributed by atoms with Crippen molar-refractivity contribution in [3.05, 3.63) is 118 Å². The van der Waals surface area contributed by atoms with Crippen molar-refractivity contribution in [2.24, 2.45) is 5.73 Å². The second kappa shape index (κ2) is 14.0. The third-order valence-corrected chi connectivity index (χ3v) is 5.83. The predicted molar refractivity (Wildman–Crippen MR) is 146 cm³/mol. The molecule has 0 aliphatic rings. The van der Waals surface area contributed by atoms with Crippen LogP contribution in [-0.2, 0) is 6.54 Å². The molecular weight excluding hydrogens is 517 g/mol. The molecule has 0 radical (unpaired) electrons. The predicted octanol–water partition coefficient (Wildman–Crippen LogP) is 8.32. The first kappa shape index (κ1) is 28.4. The minimum absolute atomic E-state index is 0.0259. The van der Waals surface area contributed by atoms with Crippen LogP contribution in [0.1, 0.15) is 24.0 Å². The Morgan fingerprint density at radius 2 is 1.24 bits per heavy atom. The number of ether oxygens (including phenoxy) is 2. The summed E-state index contributed by atoms with van der Waals surface area (Å²) in [5.41, 5.74) is 7.17. The zero-order valence-corrected chi connectivity index (χ0v) is 22.0. The molecule has 1 atom stereocenters. The molecular formula is C29H28Cl2F2N2O2. The lowest BCUT2D eigenvalue weighted by Crippen LogP contribution is -2.10. The van der Waals surface area contributed by atoms with Gasteiger partial charge in [0.2, 0.25) is 0 Å². The monoisotopic (exact) mass is 544 g/mol. The number of benzene rings is 4. The van der Waals surface area contributed by atoms with Crippen LogP contribution < -0.4 is 20.5 Å². The van der Waals surface area contributed by atoms with E-state index in [9.17, 15) is 8.78 Å². The fraction of sp³-hybridized carbons (Fsp3) is 0.172. The highest BCUT2D eigenvalue weighted by Gasteiger charge is 2.12. The Balaban J connectivity index is 0.000000206. The highest BCUT2D eigenvalue weighted by atomic mass is 35.5. The van der Waals surface area contributed by atoms with Crippen LogP contribution in [0.2, 0.25) is 10.0 Å². The van der Waals surface area contributed by atoms with Gasteiger partial charge >= 0.3 is 0 Å². The van der Waals surface area contributed by atoms with Gasteiger partial charge in [0.05, 0.1) is 0 Å². The van der Waals surface area contributed by atoms with Gasteiger partial charge in [-0.25, -0.2) is 8.78 Å². The third kappa shape index (κ3) is 8.72. The molecule has 4 aromatic carbocycles. The van der Waals surface area contributed by atoms with Gasteiger partial charge in [-0.1, -0.05) is 30.1 Å². The second-order valence-corrected chi connectivity index (χ2v) is 9.09. The zero-order chi connectivity index (χ0) is 26.8. The standard InChI is InChI=1S/C15H15ClFNO.C14H13ClFNO/c1-10(9-18)14-8-12(17)4-7-15(14)19-13-5-2-11(16)3-6-13;1-17-9-10-8-12(16)4-7-14(10)18-13-5-2-11(15)3-6-13/h2-8,10H,9,18H2,1H3;2-8,17H,9H2,1H3. The lowest BCUT2D eigenvalue weighted by atomic mass is 10.0. The smallest absolute Gasteiger partial charge is 0.132 e. The van der Waals surface area contributed by atoms with Crippen LogP contribution in [0.5, 0.6) is 23.0 Å². The van der Waals surface area contributed by atoms with E-state index >= 15 is 0 Å². The van der Waals surface area contributed by atoms with Crippen molar-refractivity contribution in [1.82, 2.24) is 5.32 Å². The van der Waals surface area contributed by atoms with E-state index in [0.29, 0.717) is 46.1 Å². The molecule has 37 heavy (non-hydrogen) atoms. The lowest BCUT2D eigenvalue weighted by molar-refractivity contribution is 0.469. The Morgan fingerprint density at radius 1 is 0.757 bits per heavy atom. The Labute approximate surface area is 225 Å².